The third kappa shape index (κ3) is 7.43. The van der Waals surface area contributed by atoms with Gasteiger partial charge in [-0.25, -0.2) is 4.79 Å². The van der Waals surface area contributed by atoms with E-state index in [1.54, 1.807) is 0 Å². The Hall–Kier alpha value is -3.11. The summed E-state index contributed by atoms with van der Waals surface area (Å²) in [7, 11) is 0. The second-order valence-corrected chi connectivity index (χ2v) is 6.95. The standard InChI is InChI=1S/C25H28N2O2/c28-25(29-20-22-15-6-2-7-16-22)27-24(23-17-8-3-9-18-23)26-19-11-10-14-21-12-4-1-5-13-21/h1-9,12-13,15-18,24,26H,10-11,14,19-20H2,(H,27,28). The van der Waals surface area contributed by atoms with Crippen molar-refractivity contribution in [3.8, 4) is 0 Å². The molecule has 29 heavy (non-hydrogen) atoms. The zero-order chi connectivity index (χ0) is 20.2. The summed E-state index contributed by atoms with van der Waals surface area (Å²) in [6.07, 6.45) is 2.47. The number of unbranched alkanes of at least 4 members (excludes halogenated alkanes) is 1. The number of hydrogen-bond acceptors (Lipinski definition) is 3. The average Bonchev–Trinajstić information content (AvgIpc) is 2.79. The van der Waals surface area contributed by atoms with Crippen molar-refractivity contribution in [1.82, 2.24) is 10.6 Å². The van der Waals surface area contributed by atoms with Crippen LogP contribution in [0.3, 0.4) is 0 Å². The van der Waals surface area contributed by atoms with Gasteiger partial charge in [0.05, 0.1) is 0 Å². The SMILES string of the molecule is O=C(NC(NCCCCc1ccccc1)c1ccccc1)OCc1ccccc1. The molecular weight excluding hydrogens is 360 g/mol. The van der Waals surface area contributed by atoms with Gasteiger partial charge in [-0.15, -0.1) is 0 Å². The molecule has 0 aliphatic heterocycles. The molecule has 3 rings (SSSR count). The average molecular weight is 389 g/mol. The summed E-state index contributed by atoms with van der Waals surface area (Å²) >= 11 is 0. The van der Waals surface area contributed by atoms with Gasteiger partial charge in [-0.05, 0) is 42.5 Å². The molecule has 0 saturated carbocycles. The summed E-state index contributed by atoms with van der Waals surface area (Å²) in [6.45, 7) is 1.07. The zero-order valence-corrected chi connectivity index (χ0v) is 16.6. The molecule has 0 heterocycles. The number of nitrogens with one attached hydrogen (secondary N) is 2. The van der Waals surface area contributed by atoms with Crippen LogP contribution in [-0.2, 0) is 17.8 Å². The highest BCUT2D eigenvalue weighted by molar-refractivity contribution is 5.67. The molecule has 2 N–H and O–H groups in total. The number of aryl methyl sites for hydroxylation is 1. The van der Waals surface area contributed by atoms with Gasteiger partial charge in [-0.1, -0.05) is 91.0 Å². The monoisotopic (exact) mass is 388 g/mol. The third-order valence-corrected chi connectivity index (χ3v) is 4.69. The van der Waals surface area contributed by atoms with Gasteiger partial charge in [-0.2, -0.15) is 0 Å². The van der Waals surface area contributed by atoms with E-state index in [4.69, 9.17) is 4.74 Å². The van der Waals surface area contributed by atoms with Crippen molar-refractivity contribution in [2.45, 2.75) is 32.0 Å². The molecule has 0 saturated heterocycles. The molecule has 1 atom stereocenters. The number of ether oxygens (including phenoxy) is 1. The maximum atomic E-state index is 12.3. The molecule has 0 aliphatic rings. The first-order valence-corrected chi connectivity index (χ1v) is 10.1. The quantitative estimate of drug-likeness (QED) is 0.370. The van der Waals surface area contributed by atoms with Crippen molar-refractivity contribution >= 4 is 6.09 Å². The summed E-state index contributed by atoms with van der Waals surface area (Å²) in [4.78, 5) is 12.3. The Morgan fingerprint density at radius 2 is 1.34 bits per heavy atom. The van der Waals surface area contributed by atoms with Crippen LogP contribution in [0.2, 0.25) is 0 Å². The number of amides is 1. The van der Waals surface area contributed by atoms with Gasteiger partial charge in [0.1, 0.15) is 12.8 Å². The topological polar surface area (TPSA) is 50.4 Å². The van der Waals surface area contributed by atoms with Crippen LogP contribution in [0.15, 0.2) is 91.0 Å². The summed E-state index contributed by atoms with van der Waals surface area (Å²) in [5.41, 5.74) is 3.33. The second kappa shape index (κ2) is 11.7. The summed E-state index contributed by atoms with van der Waals surface area (Å²) in [6, 6.07) is 30.1. The molecule has 1 unspecified atom stereocenters. The molecular formula is C25H28N2O2. The minimum absolute atomic E-state index is 0.255. The lowest BCUT2D eigenvalue weighted by Crippen LogP contribution is -2.38. The molecule has 1 amide bonds. The summed E-state index contributed by atoms with van der Waals surface area (Å²) < 4.78 is 5.38. The Kier molecular flexibility index (Phi) is 8.30. The largest absolute Gasteiger partial charge is 0.445 e. The lowest BCUT2D eigenvalue weighted by molar-refractivity contribution is 0.133. The molecule has 4 heteroatoms. The number of alkyl carbamates (subject to hydrolysis) is 1. The van der Waals surface area contributed by atoms with Gasteiger partial charge in [0.15, 0.2) is 0 Å². The molecule has 0 radical (unpaired) electrons. The van der Waals surface area contributed by atoms with Crippen LogP contribution in [0.25, 0.3) is 0 Å². The number of carbonyl (C=O) groups excluding carboxylic acids is 1. The van der Waals surface area contributed by atoms with Gasteiger partial charge in [0, 0.05) is 0 Å². The lowest BCUT2D eigenvalue weighted by Gasteiger charge is -2.20. The molecule has 3 aromatic rings. The van der Waals surface area contributed by atoms with E-state index in [9.17, 15) is 4.79 Å². The molecule has 0 fully saturated rings. The molecule has 4 nitrogen and oxygen atoms in total. The van der Waals surface area contributed by atoms with Crippen LogP contribution < -0.4 is 10.6 Å². The van der Waals surface area contributed by atoms with Crippen molar-refractivity contribution in [2.24, 2.45) is 0 Å². The predicted octanol–water partition coefficient (Wildman–Crippen LogP) is 5.22. The van der Waals surface area contributed by atoms with E-state index in [-0.39, 0.29) is 12.8 Å². The third-order valence-electron chi connectivity index (χ3n) is 4.69. The van der Waals surface area contributed by atoms with Crippen molar-refractivity contribution in [3.05, 3.63) is 108 Å². The first kappa shape index (κ1) is 20.6. The van der Waals surface area contributed by atoms with E-state index in [0.717, 1.165) is 36.9 Å². The fourth-order valence-corrected chi connectivity index (χ4v) is 3.13. The highest BCUT2D eigenvalue weighted by Crippen LogP contribution is 2.11. The van der Waals surface area contributed by atoms with Crippen LogP contribution in [0.1, 0.15) is 35.7 Å². The first-order chi connectivity index (χ1) is 14.3. The molecule has 0 bridgehead atoms. The minimum Gasteiger partial charge on any atom is -0.445 e. The van der Waals surface area contributed by atoms with E-state index >= 15 is 0 Å². The van der Waals surface area contributed by atoms with Crippen molar-refractivity contribution < 1.29 is 9.53 Å². The number of carbonyl (C=O) groups is 1. The Bertz CT molecular complexity index is 838. The minimum atomic E-state index is -0.431. The van der Waals surface area contributed by atoms with E-state index in [2.05, 4.69) is 34.9 Å². The van der Waals surface area contributed by atoms with Gasteiger partial charge in [-0.3, -0.25) is 5.32 Å². The van der Waals surface area contributed by atoms with Crippen LogP contribution in [0, 0.1) is 0 Å². The Morgan fingerprint density at radius 3 is 2.00 bits per heavy atom. The zero-order valence-electron chi connectivity index (χ0n) is 16.6. The maximum Gasteiger partial charge on any atom is 0.408 e. The summed E-state index contributed by atoms with van der Waals surface area (Å²) in [5.74, 6) is 0. The van der Waals surface area contributed by atoms with Crippen molar-refractivity contribution in [3.63, 3.8) is 0 Å². The smallest absolute Gasteiger partial charge is 0.408 e. The fraction of sp³-hybridized carbons (Fsp3) is 0.240. The highest BCUT2D eigenvalue weighted by atomic mass is 16.5. The summed E-state index contributed by atoms with van der Waals surface area (Å²) in [5, 5.41) is 6.38. The fourth-order valence-electron chi connectivity index (χ4n) is 3.13. The molecule has 0 spiro atoms. The van der Waals surface area contributed by atoms with Crippen LogP contribution in [0.5, 0.6) is 0 Å². The predicted molar refractivity (Wildman–Crippen MR) is 116 cm³/mol. The second-order valence-electron chi connectivity index (χ2n) is 6.95. The van der Waals surface area contributed by atoms with Gasteiger partial charge < -0.3 is 10.1 Å². The van der Waals surface area contributed by atoms with E-state index in [1.165, 1.54) is 5.56 Å². The Morgan fingerprint density at radius 1 is 0.759 bits per heavy atom. The van der Waals surface area contributed by atoms with Crippen LogP contribution in [-0.4, -0.2) is 12.6 Å². The first-order valence-electron chi connectivity index (χ1n) is 10.1. The van der Waals surface area contributed by atoms with Crippen LogP contribution >= 0.6 is 0 Å². The van der Waals surface area contributed by atoms with Gasteiger partial charge in [0.2, 0.25) is 0 Å². The molecule has 3 aromatic carbocycles. The molecule has 150 valence electrons. The lowest BCUT2D eigenvalue weighted by atomic mass is 10.1. The maximum absolute atomic E-state index is 12.3. The number of benzene rings is 3. The van der Waals surface area contributed by atoms with E-state index < -0.39 is 6.09 Å². The Labute approximate surface area is 172 Å². The number of hydrogen-bond donors (Lipinski definition) is 2. The normalized spacial score (nSPS) is 11.6. The Balaban J connectivity index is 1.46. The molecule has 0 aliphatic carbocycles. The van der Waals surface area contributed by atoms with E-state index in [0.29, 0.717) is 0 Å². The van der Waals surface area contributed by atoms with Crippen molar-refractivity contribution in [1.29, 1.82) is 0 Å². The number of rotatable bonds is 10. The van der Waals surface area contributed by atoms with Gasteiger partial charge in [0.25, 0.3) is 0 Å². The van der Waals surface area contributed by atoms with Crippen LogP contribution in [0.4, 0.5) is 4.79 Å². The van der Waals surface area contributed by atoms with Crippen molar-refractivity contribution in [2.75, 3.05) is 6.54 Å². The molecule has 0 aromatic heterocycles. The highest BCUT2D eigenvalue weighted by Gasteiger charge is 2.14. The van der Waals surface area contributed by atoms with E-state index in [1.807, 2.05) is 66.7 Å². The van der Waals surface area contributed by atoms with Gasteiger partial charge >= 0.3 is 6.09 Å².